The van der Waals surface area contributed by atoms with E-state index in [0.717, 1.165) is 31.2 Å². The number of nitrogens with one attached hydrogen (secondary N) is 1. The van der Waals surface area contributed by atoms with E-state index in [1.165, 1.54) is 0 Å². The molecular formula is C13H20N2O2S. The highest BCUT2D eigenvalue weighted by Crippen LogP contribution is 2.27. The molecule has 0 unspecified atom stereocenters. The molecule has 1 aliphatic carbocycles. The molecule has 4 nitrogen and oxygen atoms in total. The summed E-state index contributed by atoms with van der Waals surface area (Å²) in [6.07, 6.45) is 4.03. The number of benzene rings is 1. The number of hydrogen-bond donors (Lipinski definition) is 2. The van der Waals surface area contributed by atoms with Crippen LogP contribution in [0.2, 0.25) is 0 Å². The van der Waals surface area contributed by atoms with Gasteiger partial charge in [0.1, 0.15) is 4.90 Å². The second-order valence-corrected chi connectivity index (χ2v) is 6.70. The summed E-state index contributed by atoms with van der Waals surface area (Å²) in [7, 11) is -3.50. The minimum Gasteiger partial charge on any atom is -0.397 e. The monoisotopic (exact) mass is 268 g/mol. The summed E-state index contributed by atoms with van der Waals surface area (Å²) in [5.74, 6) is 0. The number of aryl methyl sites for hydroxylation is 2. The number of anilines is 1. The average Bonchev–Trinajstić information content (AvgIpc) is 2.75. The molecular weight excluding hydrogens is 248 g/mol. The predicted molar refractivity (Wildman–Crippen MR) is 72.9 cm³/mol. The van der Waals surface area contributed by atoms with Crippen molar-refractivity contribution in [2.24, 2.45) is 0 Å². The smallest absolute Gasteiger partial charge is 0.243 e. The van der Waals surface area contributed by atoms with Crippen LogP contribution in [-0.2, 0) is 10.0 Å². The van der Waals surface area contributed by atoms with Gasteiger partial charge in [0.15, 0.2) is 0 Å². The van der Waals surface area contributed by atoms with Crippen LogP contribution in [0.25, 0.3) is 0 Å². The molecule has 1 aromatic carbocycles. The van der Waals surface area contributed by atoms with Gasteiger partial charge in [0.05, 0.1) is 5.69 Å². The van der Waals surface area contributed by atoms with Crippen molar-refractivity contribution >= 4 is 15.7 Å². The Labute approximate surface area is 109 Å². The molecule has 0 radical (unpaired) electrons. The van der Waals surface area contributed by atoms with Crippen molar-refractivity contribution in [1.82, 2.24) is 4.72 Å². The first kappa shape index (κ1) is 13.4. The Morgan fingerprint density at radius 2 is 1.72 bits per heavy atom. The fourth-order valence-corrected chi connectivity index (χ4v) is 4.22. The molecule has 100 valence electrons. The van der Waals surface area contributed by atoms with Crippen LogP contribution in [0.3, 0.4) is 0 Å². The second kappa shape index (κ2) is 4.90. The molecule has 0 spiro atoms. The van der Waals surface area contributed by atoms with E-state index in [1.807, 2.05) is 13.0 Å². The zero-order chi connectivity index (χ0) is 13.3. The summed E-state index contributed by atoms with van der Waals surface area (Å²) in [6, 6.07) is 3.71. The SMILES string of the molecule is Cc1ccc(C)c(S(=O)(=O)NC2CCCC2)c1N. The lowest BCUT2D eigenvalue weighted by Crippen LogP contribution is -2.33. The molecule has 0 heterocycles. The summed E-state index contributed by atoms with van der Waals surface area (Å²) in [6.45, 7) is 3.60. The lowest BCUT2D eigenvalue weighted by molar-refractivity contribution is 0.552. The zero-order valence-electron chi connectivity index (χ0n) is 10.9. The van der Waals surface area contributed by atoms with E-state index >= 15 is 0 Å². The maximum atomic E-state index is 12.4. The van der Waals surface area contributed by atoms with E-state index in [1.54, 1.807) is 13.0 Å². The highest BCUT2D eigenvalue weighted by molar-refractivity contribution is 7.89. The van der Waals surface area contributed by atoms with Crippen molar-refractivity contribution in [3.63, 3.8) is 0 Å². The minimum absolute atomic E-state index is 0.0642. The van der Waals surface area contributed by atoms with Gasteiger partial charge >= 0.3 is 0 Å². The van der Waals surface area contributed by atoms with Crippen molar-refractivity contribution in [3.05, 3.63) is 23.3 Å². The van der Waals surface area contributed by atoms with E-state index in [4.69, 9.17) is 5.73 Å². The third-order valence-corrected chi connectivity index (χ3v) is 5.28. The Balaban J connectivity index is 2.37. The third-order valence-electron chi connectivity index (χ3n) is 3.56. The van der Waals surface area contributed by atoms with Gasteiger partial charge in [-0.25, -0.2) is 13.1 Å². The van der Waals surface area contributed by atoms with Gasteiger partial charge in [-0.2, -0.15) is 0 Å². The Kier molecular flexibility index (Phi) is 3.64. The van der Waals surface area contributed by atoms with Crippen LogP contribution >= 0.6 is 0 Å². The predicted octanol–water partition coefficient (Wildman–Crippen LogP) is 2.11. The van der Waals surface area contributed by atoms with Gasteiger partial charge in [-0.1, -0.05) is 25.0 Å². The number of sulfonamides is 1. The van der Waals surface area contributed by atoms with Crippen LogP contribution in [0.1, 0.15) is 36.8 Å². The summed E-state index contributed by atoms with van der Waals surface area (Å²) in [5.41, 5.74) is 7.78. The van der Waals surface area contributed by atoms with Gasteiger partial charge in [0.2, 0.25) is 10.0 Å². The summed E-state index contributed by atoms with van der Waals surface area (Å²) >= 11 is 0. The van der Waals surface area contributed by atoms with E-state index in [0.29, 0.717) is 11.3 Å². The minimum atomic E-state index is -3.50. The molecule has 3 N–H and O–H groups in total. The van der Waals surface area contributed by atoms with Crippen LogP contribution in [-0.4, -0.2) is 14.5 Å². The maximum absolute atomic E-state index is 12.4. The van der Waals surface area contributed by atoms with E-state index in [9.17, 15) is 8.42 Å². The second-order valence-electron chi connectivity index (χ2n) is 5.04. The first-order valence-corrected chi connectivity index (χ1v) is 7.78. The number of hydrogen-bond acceptors (Lipinski definition) is 3. The molecule has 0 atom stereocenters. The van der Waals surface area contributed by atoms with Crippen molar-refractivity contribution in [3.8, 4) is 0 Å². The Bertz CT molecular complexity index is 546. The fraction of sp³-hybridized carbons (Fsp3) is 0.538. The maximum Gasteiger partial charge on any atom is 0.243 e. The molecule has 5 heteroatoms. The molecule has 0 aromatic heterocycles. The van der Waals surface area contributed by atoms with Gasteiger partial charge in [0, 0.05) is 6.04 Å². The lowest BCUT2D eigenvalue weighted by Gasteiger charge is -2.16. The van der Waals surface area contributed by atoms with Crippen molar-refractivity contribution in [2.45, 2.75) is 50.5 Å². The van der Waals surface area contributed by atoms with Crippen LogP contribution in [0.5, 0.6) is 0 Å². The highest BCUT2D eigenvalue weighted by Gasteiger charge is 2.26. The Hall–Kier alpha value is -1.07. The van der Waals surface area contributed by atoms with Gasteiger partial charge in [-0.05, 0) is 37.8 Å². The molecule has 0 bridgehead atoms. The van der Waals surface area contributed by atoms with Crippen LogP contribution < -0.4 is 10.5 Å². The van der Waals surface area contributed by atoms with E-state index in [-0.39, 0.29) is 10.9 Å². The molecule has 0 saturated heterocycles. The number of nitrogen functional groups attached to an aromatic ring is 1. The summed E-state index contributed by atoms with van der Waals surface area (Å²) in [4.78, 5) is 0.245. The molecule has 1 aliphatic rings. The van der Waals surface area contributed by atoms with Crippen molar-refractivity contribution in [2.75, 3.05) is 5.73 Å². The Morgan fingerprint density at radius 3 is 2.33 bits per heavy atom. The molecule has 18 heavy (non-hydrogen) atoms. The molecule has 0 amide bonds. The lowest BCUT2D eigenvalue weighted by atomic mass is 10.1. The molecule has 1 fully saturated rings. The van der Waals surface area contributed by atoms with E-state index in [2.05, 4.69) is 4.72 Å². The topological polar surface area (TPSA) is 72.2 Å². The molecule has 0 aliphatic heterocycles. The van der Waals surface area contributed by atoms with Gasteiger partial charge in [0.25, 0.3) is 0 Å². The van der Waals surface area contributed by atoms with Crippen LogP contribution in [0, 0.1) is 13.8 Å². The highest BCUT2D eigenvalue weighted by atomic mass is 32.2. The number of rotatable bonds is 3. The zero-order valence-corrected chi connectivity index (χ0v) is 11.7. The first-order valence-electron chi connectivity index (χ1n) is 6.30. The summed E-state index contributed by atoms with van der Waals surface area (Å²) in [5, 5.41) is 0. The van der Waals surface area contributed by atoms with E-state index < -0.39 is 10.0 Å². The van der Waals surface area contributed by atoms with Gasteiger partial charge < -0.3 is 5.73 Å². The summed E-state index contributed by atoms with van der Waals surface area (Å²) < 4.78 is 27.6. The van der Waals surface area contributed by atoms with Crippen molar-refractivity contribution < 1.29 is 8.42 Å². The standard InChI is InChI=1S/C13H20N2O2S/c1-9-7-8-10(2)13(12(9)14)18(16,17)15-11-5-3-4-6-11/h7-8,11,15H,3-6,14H2,1-2H3. The van der Waals surface area contributed by atoms with Crippen molar-refractivity contribution in [1.29, 1.82) is 0 Å². The fourth-order valence-electron chi connectivity index (χ4n) is 2.49. The first-order chi connectivity index (χ1) is 8.42. The largest absolute Gasteiger partial charge is 0.397 e. The molecule has 2 rings (SSSR count). The quantitative estimate of drug-likeness (QED) is 0.825. The number of nitrogens with two attached hydrogens (primary N) is 1. The third kappa shape index (κ3) is 2.52. The normalized spacial score (nSPS) is 17.2. The molecule has 1 saturated carbocycles. The van der Waals surface area contributed by atoms with Crippen LogP contribution in [0.15, 0.2) is 17.0 Å². The average molecular weight is 268 g/mol. The van der Waals surface area contributed by atoms with Gasteiger partial charge in [-0.3, -0.25) is 0 Å². The van der Waals surface area contributed by atoms with Crippen LogP contribution in [0.4, 0.5) is 5.69 Å². The Morgan fingerprint density at radius 1 is 1.17 bits per heavy atom. The van der Waals surface area contributed by atoms with Gasteiger partial charge in [-0.15, -0.1) is 0 Å². The molecule has 1 aromatic rings.